The largest absolute Gasteiger partial charge is 0.276 e. The van der Waals surface area contributed by atoms with Crippen molar-refractivity contribution in [3.63, 3.8) is 0 Å². The van der Waals surface area contributed by atoms with Gasteiger partial charge < -0.3 is 0 Å². The number of aromatic nitrogens is 4. The quantitative estimate of drug-likeness (QED) is 0.781. The highest BCUT2D eigenvalue weighted by atomic mass is 35.5. The number of alkyl halides is 1. The highest BCUT2D eigenvalue weighted by Crippen LogP contribution is 2.17. The fraction of sp³-hybridized carbons (Fsp3) is 0.222. The summed E-state index contributed by atoms with van der Waals surface area (Å²) in [6, 6.07) is 0. The monoisotopic (exact) mass is 208 g/mol. The molecular weight excluding hydrogens is 200 g/mol. The van der Waals surface area contributed by atoms with Gasteiger partial charge in [-0.25, -0.2) is 0 Å². The topological polar surface area (TPSA) is 54.5 Å². The molecule has 0 aliphatic heterocycles. The maximum atomic E-state index is 5.67. The van der Waals surface area contributed by atoms with Gasteiger partial charge in [0.2, 0.25) is 0 Å². The fourth-order valence-corrected chi connectivity index (χ4v) is 1.46. The van der Waals surface area contributed by atoms with E-state index in [-0.39, 0.29) is 0 Å². The molecule has 0 amide bonds. The Bertz CT molecular complexity index is 398. The summed E-state index contributed by atoms with van der Waals surface area (Å²) in [5.41, 5.74) is 2.77. The average Bonchev–Trinajstić information content (AvgIpc) is 2.68. The molecule has 72 valence electrons. The smallest absolute Gasteiger partial charge is 0.107 e. The first-order valence-corrected chi connectivity index (χ1v) is 4.80. The number of aryl methyl sites for hydroxylation is 1. The van der Waals surface area contributed by atoms with Gasteiger partial charge in [0, 0.05) is 23.8 Å². The number of nitrogens with one attached hydrogen (secondary N) is 1. The summed E-state index contributed by atoms with van der Waals surface area (Å²) in [6.07, 6.45) is 7.54. The number of nitrogens with zero attached hydrogens (tertiary/aromatic N) is 3. The van der Waals surface area contributed by atoms with Crippen LogP contribution in [0.1, 0.15) is 5.56 Å². The Morgan fingerprint density at radius 1 is 1.29 bits per heavy atom. The third-order valence-corrected chi connectivity index (χ3v) is 2.09. The zero-order chi connectivity index (χ0) is 9.80. The van der Waals surface area contributed by atoms with Gasteiger partial charge >= 0.3 is 0 Å². The fourth-order valence-electron chi connectivity index (χ4n) is 1.25. The highest BCUT2D eigenvalue weighted by Gasteiger charge is 2.07. The molecule has 0 unspecified atom stereocenters. The van der Waals surface area contributed by atoms with Crippen LogP contribution in [0.5, 0.6) is 0 Å². The molecule has 0 atom stereocenters. The molecule has 2 aromatic rings. The number of rotatable bonds is 3. The molecule has 0 aliphatic carbocycles. The molecule has 0 saturated carbocycles. The number of H-pyrrole nitrogens is 1. The third kappa shape index (κ3) is 1.75. The highest BCUT2D eigenvalue weighted by molar-refractivity contribution is 6.18. The van der Waals surface area contributed by atoms with Crippen LogP contribution in [0.3, 0.4) is 0 Å². The molecular formula is C9H9ClN4. The summed E-state index contributed by atoms with van der Waals surface area (Å²) < 4.78 is 0. The lowest BCUT2D eigenvalue weighted by Gasteiger charge is -1.98. The zero-order valence-electron chi connectivity index (χ0n) is 7.44. The van der Waals surface area contributed by atoms with E-state index in [1.54, 1.807) is 24.8 Å². The minimum Gasteiger partial charge on any atom is -0.276 e. The first kappa shape index (κ1) is 9.15. The lowest BCUT2D eigenvalue weighted by atomic mass is 10.1. The van der Waals surface area contributed by atoms with E-state index in [2.05, 4.69) is 20.2 Å². The van der Waals surface area contributed by atoms with Crippen LogP contribution in [0.2, 0.25) is 0 Å². The Morgan fingerprint density at radius 3 is 2.93 bits per heavy atom. The first-order valence-electron chi connectivity index (χ1n) is 4.26. The van der Waals surface area contributed by atoms with Gasteiger partial charge in [-0.3, -0.25) is 15.1 Å². The summed E-state index contributed by atoms with van der Waals surface area (Å²) in [5.74, 6) is 0.576. The van der Waals surface area contributed by atoms with E-state index >= 15 is 0 Å². The van der Waals surface area contributed by atoms with Crippen LogP contribution in [-0.4, -0.2) is 26.0 Å². The molecule has 0 aliphatic rings. The lowest BCUT2D eigenvalue weighted by molar-refractivity contribution is 1.08. The van der Waals surface area contributed by atoms with Gasteiger partial charge in [0.05, 0.1) is 18.1 Å². The van der Waals surface area contributed by atoms with Gasteiger partial charge in [0.25, 0.3) is 0 Å². The van der Waals surface area contributed by atoms with Crippen LogP contribution in [0.15, 0.2) is 24.8 Å². The van der Waals surface area contributed by atoms with E-state index < -0.39 is 0 Å². The van der Waals surface area contributed by atoms with Gasteiger partial charge in [0.15, 0.2) is 0 Å². The zero-order valence-corrected chi connectivity index (χ0v) is 8.20. The van der Waals surface area contributed by atoms with Gasteiger partial charge in [-0.05, 0) is 6.42 Å². The molecule has 0 bridgehead atoms. The van der Waals surface area contributed by atoms with Crippen molar-refractivity contribution < 1.29 is 0 Å². The summed E-state index contributed by atoms with van der Waals surface area (Å²) in [4.78, 5) is 8.19. The molecule has 1 N–H and O–H groups in total. The van der Waals surface area contributed by atoms with Crippen molar-refractivity contribution in [1.82, 2.24) is 20.2 Å². The van der Waals surface area contributed by atoms with Crippen molar-refractivity contribution in [1.29, 1.82) is 0 Å². The summed E-state index contributed by atoms with van der Waals surface area (Å²) in [6.45, 7) is 0. The molecule has 2 heterocycles. The Balaban J connectivity index is 2.37. The summed E-state index contributed by atoms with van der Waals surface area (Å²) in [5, 5.41) is 6.86. The molecule has 14 heavy (non-hydrogen) atoms. The minimum absolute atomic E-state index is 0.576. The molecule has 0 aromatic carbocycles. The van der Waals surface area contributed by atoms with Gasteiger partial charge in [-0.1, -0.05) is 0 Å². The minimum atomic E-state index is 0.576. The SMILES string of the molecule is ClCCc1cn[nH]c1-c1cnccn1. The molecule has 5 heteroatoms. The molecule has 0 radical (unpaired) electrons. The van der Waals surface area contributed by atoms with Gasteiger partial charge in [-0.15, -0.1) is 11.6 Å². The number of aromatic amines is 1. The Morgan fingerprint density at radius 2 is 2.21 bits per heavy atom. The van der Waals surface area contributed by atoms with E-state index in [4.69, 9.17) is 11.6 Å². The van der Waals surface area contributed by atoms with E-state index in [0.717, 1.165) is 23.4 Å². The van der Waals surface area contributed by atoms with Crippen LogP contribution < -0.4 is 0 Å². The standard InChI is InChI=1S/C9H9ClN4/c10-2-1-7-5-13-14-9(7)8-6-11-3-4-12-8/h3-6H,1-2H2,(H,13,14). The number of halogens is 1. The second-order valence-corrected chi connectivity index (χ2v) is 3.18. The number of hydrogen-bond donors (Lipinski definition) is 1. The molecule has 0 spiro atoms. The second-order valence-electron chi connectivity index (χ2n) is 2.80. The van der Waals surface area contributed by atoms with E-state index in [1.807, 2.05) is 0 Å². The molecule has 2 aromatic heterocycles. The van der Waals surface area contributed by atoms with Crippen molar-refractivity contribution in [2.75, 3.05) is 5.88 Å². The van der Waals surface area contributed by atoms with Crippen molar-refractivity contribution in [2.24, 2.45) is 0 Å². The Hall–Kier alpha value is -1.42. The van der Waals surface area contributed by atoms with Crippen LogP contribution in [-0.2, 0) is 6.42 Å². The van der Waals surface area contributed by atoms with Crippen molar-refractivity contribution in [2.45, 2.75) is 6.42 Å². The van der Waals surface area contributed by atoms with E-state index in [9.17, 15) is 0 Å². The molecule has 0 fully saturated rings. The van der Waals surface area contributed by atoms with Gasteiger partial charge in [0.1, 0.15) is 5.69 Å². The van der Waals surface area contributed by atoms with Crippen LogP contribution in [0, 0.1) is 0 Å². The Labute approximate surface area is 86.4 Å². The van der Waals surface area contributed by atoms with Gasteiger partial charge in [-0.2, -0.15) is 5.10 Å². The summed E-state index contributed by atoms with van der Waals surface area (Å²) >= 11 is 5.67. The van der Waals surface area contributed by atoms with Crippen molar-refractivity contribution >= 4 is 11.6 Å². The molecule has 4 nitrogen and oxygen atoms in total. The van der Waals surface area contributed by atoms with Crippen LogP contribution in [0.4, 0.5) is 0 Å². The van der Waals surface area contributed by atoms with Crippen molar-refractivity contribution in [3.05, 3.63) is 30.4 Å². The number of hydrogen-bond acceptors (Lipinski definition) is 3. The first-order chi connectivity index (χ1) is 6.92. The maximum absolute atomic E-state index is 5.67. The predicted molar refractivity (Wildman–Crippen MR) is 54.0 cm³/mol. The second kappa shape index (κ2) is 4.19. The normalized spacial score (nSPS) is 10.4. The van der Waals surface area contributed by atoms with E-state index in [1.165, 1.54) is 0 Å². The van der Waals surface area contributed by atoms with Crippen LogP contribution >= 0.6 is 11.6 Å². The molecule has 0 saturated heterocycles. The predicted octanol–water partition coefficient (Wildman–Crippen LogP) is 1.65. The third-order valence-electron chi connectivity index (χ3n) is 1.90. The maximum Gasteiger partial charge on any atom is 0.107 e. The van der Waals surface area contributed by atoms with E-state index in [0.29, 0.717) is 5.88 Å². The van der Waals surface area contributed by atoms with Crippen LogP contribution in [0.25, 0.3) is 11.4 Å². The summed E-state index contributed by atoms with van der Waals surface area (Å²) in [7, 11) is 0. The lowest BCUT2D eigenvalue weighted by Crippen LogP contribution is -1.91. The van der Waals surface area contributed by atoms with Crippen molar-refractivity contribution in [3.8, 4) is 11.4 Å². The Kier molecular flexibility index (Phi) is 2.74. The molecule has 2 rings (SSSR count). The average molecular weight is 209 g/mol.